The molecular formula is C16H19FN6O. The average molecular weight is 330 g/mol. The third kappa shape index (κ3) is 3.76. The fourth-order valence-corrected chi connectivity index (χ4v) is 2.81. The maximum Gasteiger partial charge on any atom is 0.322 e. The highest BCUT2D eigenvalue weighted by Gasteiger charge is 2.34. The van der Waals surface area contributed by atoms with Crippen LogP contribution in [0, 0.1) is 0 Å². The van der Waals surface area contributed by atoms with Gasteiger partial charge in [-0.3, -0.25) is 5.32 Å². The Morgan fingerprint density at radius 3 is 2.96 bits per heavy atom. The number of rotatable bonds is 4. The fraction of sp³-hybridized carbons (Fsp3) is 0.375. The van der Waals surface area contributed by atoms with Crippen LogP contribution in [0.1, 0.15) is 6.42 Å². The van der Waals surface area contributed by atoms with E-state index >= 15 is 0 Å². The zero-order chi connectivity index (χ0) is 16.9. The van der Waals surface area contributed by atoms with E-state index in [1.165, 1.54) is 11.2 Å². The van der Waals surface area contributed by atoms with Crippen molar-refractivity contribution in [2.45, 2.75) is 18.6 Å². The second-order valence-corrected chi connectivity index (χ2v) is 5.73. The first kappa shape index (κ1) is 16.1. The Morgan fingerprint density at radius 2 is 2.25 bits per heavy atom. The average Bonchev–Trinajstić information content (AvgIpc) is 2.97. The molecule has 2 amide bonds. The zero-order valence-corrected chi connectivity index (χ0v) is 13.3. The second kappa shape index (κ2) is 7.20. The van der Waals surface area contributed by atoms with Crippen LogP contribution in [0.5, 0.6) is 0 Å². The van der Waals surface area contributed by atoms with Gasteiger partial charge in [-0.2, -0.15) is 0 Å². The standard InChI is InChI=1S/C16H19FN6O/c1-22(16(24)21-14-4-2-3-6-19-14)10-13-8-12(17)9-23(13)15-5-7-18-11-20-15/h2-7,11-13H,8-10H2,1H3,(H,19,21,24)/t12-,13-/m0/s1. The van der Waals surface area contributed by atoms with Crippen molar-refractivity contribution in [2.24, 2.45) is 0 Å². The maximum atomic E-state index is 13.9. The van der Waals surface area contributed by atoms with Crippen LogP contribution in [0.15, 0.2) is 43.0 Å². The maximum absolute atomic E-state index is 13.9. The molecule has 0 saturated carbocycles. The van der Waals surface area contributed by atoms with Crippen molar-refractivity contribution in [3.05, 3.63) is 43.0 Å². The minimum atomic E-state index is -0.933. The zero-order valence-electron chi connectivity index (χ0n) is 13.3. The number of alkyl halides is 1. The highest BCUT2D eigenvalue weighted by Crippen LogP contribution is 2.25. The first-order chi connectivity index (χ1) is 11.6. The van der Waals surface area contributed by atoms with Crippen molar-refractivity contribution in [1.82, 2.24) is 19.9 Å². The van der Waals surface area contributed by atoms with E-state index < -0.39 is 6.17 Å². The summed E-state index contributed by atoms with van der Waals surface area (Å²) in [5.74, 6) is 1.16. The van der Waals surface area contributed by atoms with Crippen molar-refractivity contribution >= 4 is 17.7 Å². The molecule has 7 nitrogen and oxygen atoms in total. The predicted molar refractivity (Wildman–Crippen MR) is 88.6 cm³/mol. The molecule has 1 N–H and O–H groups in total. The quantitative estimate of drug-likeness (QED) is 0.927. The lowest BCUT2D eigenvalue weighted by molar-refractivity contribution is 0.218. The van der Waals surface area contributed by atoms with Gasteiger partial charge in [0.25, 0.3) is 0 Å². The molecule has 24 heavy (non-hydrogen) atoms. The summed E-state index contributed by atoms with van der Waals surface area (Å²) < 4.78 is 13.9. The van der Waals surface area contributed by atoms with Gasteiger partial charge < -0.3 is 9.80 Å². The number of pyridine rings is 1. The Balaban J connectivity index is 1.64. The minimum absolute atomic E-state index is 0.130. The molecule has 0 unspecified atom stereocenters. The Kier molecular flexibility index (Phi) is 4.83. The van der Waals surface area contributed by atoms with E-state index in [4.69, 9.17) is 0 Å². The van der Waals surface area contributed by atoms with Gasteiger partial charge in [-0.05, 0) is 18.2 Å². The molecule has 3 rings (SSSR count). The molecule has 2 atom stereocenters. The highest BCUT2D eigenvalue weighted by molar-refractivity contribution is 5.88. The molecule has 1 aliphatic rings. The Labute approximate surface area is 139 Å². The summed E-state index contributed by atoms with van der Waals surface area (Å²) in [6.07, 6.45) is 4.11. The van der Waals surface area contributed by atoms with E-state index in [0.29, 0.717) is 24.6 Å². The fourth-order valence-electron chi connectivity index (χ4n) is 2.81. The number of anilines is 2. The van der Waals surface area contributed by atoms with Crippen LogP contribution in [0.3, 0.4) is 0 Å². The number of aromatic nitrogens is 3. The molecule has 0 spiro atoms. The predicted octanol–water partition coefficient (Wildman–Crippen LogP) is 1.95. The van der Waals surface area contributed by atoms with E-state index in [1.807, 2.05) is 4.90 Å². The Bertz CT molecular complexity index is 671. The molecule has 0 radical (unpaired) electrons. The third-order valence-corrected chi connectivity index (χ3v) is 3.96. The van der Waals surface area contributed by atoms with Gasteiger partial charge in [-0.1, -0.05) is 6.07 Å². The van der Waals surface area contributed by atoms with Gasteiger partial charge in [0.1, 0.15) is 24.1 Å². The van der Waals surface area contributed by atoms with Crippen LogP contribution in [-0.2, 0) is 0 Å². The molecule has 0 bridgehead atoms. The molecule has 3 heterocycles. The number of carbonyl (C=O) groups excluding carboxylic acids is 1. The molecule has 2 aromatic heterocycles. The van der Waals surface area contributed by atoms with Gasteiger partial charge in [-0.15, -0.1) is 0 Å². The lowest BCUT2D eigenvalue weighted by Crippen LogP contribution is -2.43. The third-order valence-electron chi connectivity index (χ3n) is 3.96. The van der Waals surface area contributed by atoms with E-state index in [1.54, 1.807) is 43.7 Å². The summed E-state index contributed by atoms with van der Waals surface area (Å²) in [6, 6.07) is 6.63. The largest absolute Gasteiger partial charge is 0.349 e. The van der Waals surface area contributed by atoms with Crippen LogP contribution < -0.4 is 10.2 Å². The summed E-state index contributed by atoms with van der Waals surface area (Å²) >= 11 is 0. The van der Waals surface area contributed by atoms with Crippen molar-refractivity contribution in [3.63, 3.8) is 0 Å². The van der Waals surface area contributed by atoms with Crippen molar-refractivity contribution < 1.29 is 9.18 Å². The van der Waals surface area contributed by atoms with Gasteiger partial charge in [0.2, 0.25) is 0 Å². The summed E-state index contributed by atoms with van der Waals surface area (Å²) in [5.41, 5.74) is 0. The first-order valence-corrected chi connectivity index (χ1v) is 7.73. The van der Waals surface area contributed by atoms with Crippen LogP contribution in [0.4, 0.5) is 20.8 Å². The van der Waals surface area contributed by atoms with Crippen LogP contribution >= 0.6 is 0 Å². The first-order valence-electron chi connectivity index (χ1n) is 7.73. The van der Waals surface area contributed by atoms with Gasteiger partial charge >= 0.3 is 6.03 Å². The van der Waals surface area contributed by atoms with Gasteiger partial charge in [0.15, 0.2) is 0 Å². The van der Waals surface area contributed by atoms with E-state index in [9.17, 15) is 9.18 Å². The van der Waals surface area contributed by atoms with E-state index in [2.05, 4.69) is 20.3 Å². The van der Waals surface area contributed by atoms with E-state index in [-0.39, 0.29) is 18.6 Å². The van der Waals surface area contributed by atoms with Crippen molar-refractivity contribution in [3.8, 4) is 0 Å². The molecule has 0 aromatic carbocycles. The topological polar surface area (TPSA) is 74.2 Å². The molecular weight excluding hydrogens is 311 g/mol. The monoisotopic (exact) mass is 330 g/mol. The van der Waals surface area contributed by atoms with Gasteiger partial charge in [-0.25, -0.2) is 24.1 Å². The number of amides is 2. The second-order valence-electron chi connectivity index (χ2n) is 5.73. The van der Waals surface area contributed by atoms with Crippen LogP contribution in [0.2, 0.25) is 0 Å². The number of carbonyl (C=O) groups is 1. The molecule has 1 fully saturated rings. The SMILES string of the molecule is CN(C[C@@H]1C[C@H](F)CN1c1ccncn1)C(=O)Nc1ccccn1. The minimum Gasteiger partial charge on any atom is -0.349 e. The van der Waals surface area contributed by atoms with Crippen molar-refractivity contribution in [2.75, 3.05) is 30.4 Å². The number of urea groups is 1. The highest BCUT2D eigenvalue weighted by atomic mass is 19.1. The van der Waals surface area contributed by atoms with Crippen LogP contribution in [0.25, 0.3) is 0 Å². The number of hydrogen-bond acceptors (Lipinski definition) is 5. The number of halogens is 1. The van der Waals surface area contributed by atoms with Crippen molar-refractivity contribution in [1.29, 1.82) is 0 Å². The lowest BCUT2D eigenvalue weighted by Gasteiger charge is -2.29. The molecule has 2 aromatic rings. The van der Waals surface area contributed by atoms with Gasteiger partial charge in [0, 0.05) is 32.4 Å². The molecule has 0 aliphatic carbocycles. The lowest BCUT2D eigenvalue weighted by atomic mass is 10.2. The molecule has 1 aliphatic heterocycles. The summed E-state index contributed by atoms with van der Waals surface area (Å²) in [5, 5.41) is 2.72. The van der Waals surface area contributed by atoms with Gasteiger partial charge in [0.05, 0.1) is 12.6 Å². The Hall–Kier alpha value is -2.77. The summed E-state index contributed by atoms with van der Waals surface area (Å²) in [7, 11) is 1.68. The summed E-state index contributed by atoms with van der Waals surface area (Å²) in [6.45, 7) is 0.667. The molecule has 126 valence electrons. The number of nitrogens with zero attached hydrogens (tertiary/aromatic N) is 5. The smallest absolute Gasteiger partial charge is 0.322 e. The normalized spacial score (nSPS) is 20.0. The molecule has 8 heteroatoms. The Morgan fingerprint density at radius 1 is 1.38 bits per heavy atom. The molecule has 1 saturated heterocycles. The number of hydrogen-bond donors (Lipinski definition) is 1. The summed E-state index contributed by atoms with van der Waals surface area (Å²) in [4.78, 5) is 27.8. The van der Waals surface area contributed by atoms with Crippen LogP contribution in [-0.4, -0.2) is 58.2 Å². The van der Waals surface area contributed by atoms with E-state index in [0.717, 1.165) is 0 Å². The number of likely N-dealkylation sites (N-methyl/N-ethyl adjacent to an activating group) is 1. The number of nitrogens with one attached hydrogen (secondary N) is 1.